The summed E-state index contributed by atoms with van der Waals surface area (Å²) < 4.78 is 11.5. The van der Waals surface area contributed by atoms with Gasteiger partial charge in [0.1, 0.15) is 17.3 Å². The molecule has 0 heterocycles. The topological polar surface area (TPSA) is 93.1 Å². The summed E-state index contributed by atoms with van der Waals surface area (Å²) >= 11 is 0. The molecule has 11 atom stereocenters. The van der Waals surface area contributed by atoms with Crippen molar-refractivity contribution in [3.63, 3.8) is 0 Å². The third-order valence-corrected chi connectivity index (χ3v) is 12.5. The third-order valence-electron chi connectivity index (χ3n) is 12.5. The average molecular weight is 535 g/mol. The molecular formula is C32H54O6. The van der Waals surface area contributed by atoms with Gasteiger partial charge in [-0.05, 0) is 131 Å². The van der Waals surface area contributed by atoms with Gasteiger partial charge in [0, 0.05) is 13.8 Å². The minimum atomic E-state index is -1.18. The van der Waals surface area contributed by atoms with Crippen LogP contribution in [0.5, 0.6) is 0 Å². The third kappa shape index (κ3) is 5.18. The van der Waals surface area contributed by atoms with E-state index in [4.69, 9.17) is 9.47 Å². The molecule has 11 unspecified atom stereocenters. The van der Waals surface area contributed by atoms with Crippen molar-refractivity contribution < 1.29 is 29.3 Å². The maximum atomic E-state index is 12.3. The first kappa shape index (κ1) is 29.8. The van der Waals surface area contributed by atoms with E-state index in [1.807, 2.05) is 27.7 Å². The molecule has 4 aliphatic rings. The normalized spacial score (nSPS) is 42.1. The Bertz CT molecular complexity index is 896. The Hall–Kier alpha value is -1.14. The predicted molar refractivity (Wildman–Crippen MR) is 147 cm³/mol. The van der Waals surface area contributed by atoms with Crippen LogP contribution >= 0.6 is 0 Å². The molecule has 0 aromatic carbocycles. The molecule has 38 heavy (non-hydrogen) atoms. The smallest absolute Gasteiger partial charge is 0.303 e. The fraction of sp³-hybridized carbons (Fsp3) is 0.938. The van der Waals surface area contributed by atoms with Crippen LogP contribution in [0, 0.1) is 46.3 Å². The van der Waals surface area contributed by atoms with Gasteiger partial charge < -0.3 is 19.7 Å². The zero-order valence-electron chi connectivity index (χ0n) is 25.2. The zero-order chi connectivity index (χ0) is 28.3. The predicted octanol–water partition coefficient (Wildman–Crippen LogP) is 6.06. The van der Waals surface area contributed by atoms with Gasteiger partial charge in [-0.15, -0.1) is 0 Å². The highest BCUT2D eigenvalue weighted by Crippen LogP contribution is 2.69. The number of rotatable bonds is 7. The van der Waals surface area contributed by atoms with E-state index in [1.54, 1.807) is 0 Å². The first-order valence-corrected chi connectivity index (χ1v) is 15.3. The van der Waals surface area contributed by atoms with Crippen molar-refractivity contribution in [1.82, 2.24) is 0 Å². The Balaban J connectivity index is 1.56. The van der Waals surface area contributed by atoms with E-state index in [0.717, 1.165) is 38.5 Å². The highest BCUT2D eigenvalue weighted by atomic mass is 16.6. The summed E-state index contributed by atoms with van der Waals surface area (Å²) in [6, 6.07) is 0. The summed E-state index contributed by atoms with van der Waals surface area (Å²) in [4.78, 5) is 23.9. The molecule has 0 aromatic rings. The second kappa shape index (κ2) is 10.4. The summed E-state index contributed by atoms with van der Waals surface area (Å²) in [5.74, 6) is 1.76. The van der Waals surface area contributed by atoms with Gasteiger partial charge in [0.2, 0.25) is 0 Å². The molecule has 0 aliphatic heterocycles. The standard InChI is InChI=1S/C32H54O6/c1-19(29(4,5)38-21(3)34)17-28(37-20(2)33)32(8,36)27-12-11-25-24-10-9-22-18-23(35)13-15-30(22,6)26(24)14-16-31(25,27)7/h19,22-28,35-36H,9-18H2,1-8H3. The number of fused-ring (bicyclic) bond motifs is 5. The lowest BCUT2D eigenvalue weighted by atomic mass is 9.44. The highest BCUT2D eigenvalue weighted by molar-refractivity contribution is 5.66. The van der Waals surface area contributed by atoms with Crippen LogP contribution in [0.2, 0.25) is 0 Å². The van der Waals surface area contributed by atoms with Crippen molar-refractivity contribution in [1.29, 1.82) is 0 Å². The summed E-state index contributed by atoms with van der Waals surface area (Å²) in [6.45, 7) is 15.4. The molecular weight excluding hydrogens is 480 g/mol. The quantitative estimate of drug-likeness (QED) is 0.386. The van der Waals surface area contributed by atoms with Gasteiger partial charge in [-0.2, -0.15) is 0 Å². The lowest BCUT2D eigenvalue weighted by molar-refractivity contribution is -0.193. The van der Waals surface area contributed by atoms with Gasteiger partial charge in [0.25, 0.3) is 0 Å². The SMILES string of the molecule is CC(=O)OC(CC(C)C(C)(C)OC(C)=O)C(C)(O)C1CCC2C3CCC4CC(O)CCC4(C)C3CCC21C. The van der Waals surface area contributed by atoms with Gasteiger partial charge >= 0.3 is 11.9 Å². The number of carbonyl (C=O) groups excluding carboxylic acids is 2. The molecule has 0 aromatic heterocycles. The van der Waals surface area contributed by atoms with Crippen LogP contribution < -0.4 is 0 Å². The van der Waals surface area contributed by atoms with E-state index in [2.05, 4.69) is 13.8 Å². The van der Waals surface area contributed by atoms with Gasteiger partial charge in [0.05, 0.1) is 6.10 Å². The van der Waals surface area contributed by atoms with Crippen LogP contribution in [0.4, 0.5) is 0 Å². The maximum absolute atomic E-state index is 12.3. The number of aliphatic hydroxyl groups excluding tert-OH is 1. The highest BCUT2D eigenvalue weighted by Gasteiger charge is 2.63. The van der Waals surface area contributed by atoms with Gasteiger partial charge in [-0.3, -0.25) is 9.59 Å². The Kier molecular flexibility index (Phi) is 8.13. The Morgan fingerprint density at radius 3 is 2.18 bits per heavy atom. The van der Waals surface area contributed by atoms with Crippen LogP contribution in [0.1, 0.15) is 120 Å². The molecule has 2 N–H and O–H groups in total. The maximum Gasteiger partial charge on any atom is 0.303 e. The minimum absolute atomic E-state index is 0.00488. The molecule has 218 valence electrons. The Morgan fingerprint density at radius 1 is 0.921 bits per heavy atom. The fourth-order valence-corrected chi connectivity index (χ4v) is 10.1. The monoisotopic (exact) mass is 534 g/mol. The van der Waals surface area contributed by atoms with Crippen molar-refractivity contribution in [3.05, 3.63) is 0 Å². The van der Waals surface area contributed by atoms with Gasteiger partial charge in [0.15, 0.2) is 0 Å². The van der Waals surface area contributed by atoms with Crippen molar-refractivity contribution in [2.45, 2.75) is 143 Å². The molecule has 0 amide bonds. The van der Waals surface area contributed by atoms with E-state index in [0.29, 0.717) is 35.5 Å². The lowest BCUT2D eigenvalue weighted by Gasteiger charge is -2.61. The van der Waals surface area contributed by atoms with Crippen LogP contribution in [0.15, 0.2) is 0 Å². The number of aliphatic hydroxyl groups is 2. The van der Waals surface area contributed by atoms with E-state index < -0.39 is 17.3 Å². The van der Waals surface area contributed by atoms with E-state index in [1.165, 1.54) is 33.1 Å². The first-order valence-electron chi connectivity index (χ1n) is 15.3. The van der Waals surface area contributed by atoms with Crippen molar-refractivity contribution in [3.8, 4) is 0 Å². The van der Waals surface area contributed by atoms with Crippen molar-refractivity contribution >= 4 is 11.9 Å². The van der Waals surface area contributed by atoms with Crippen LogP contribution in [0.25, 0.3) is 0 Å². The van der Waals surface area contributed by atoms with E-state index in [-0.39, 0.29) is 35.3 Å². The summed E-state index contributed by atoms with van der Waals surface area (Å²) in [5, 5.41) is 22.6. The molecule has 4 fully saturated rings. The average Bonchev–Trinajstić information content (AvgIpc) is 3.16. The molecule has 4 rings (SSSR count). The fourth-order valence-electron chi connectivity index (χ4n) is 10.1. The minimum Gasteiger partial charge on any atom is -0.460 e. The Labute approximate surface area is 230 Å². The van der Waals surface area contributed by atoms with Crippen LogP contribution in [-0.4, -0.2) is 45.6 Å². The van der Waals surface area contributed by atoms with Gasteiger partial charge in [-0.1, -0.05) is 20.8 Å². The molecule has 6 nitrogen and oxygen atoms in total. The van der Waals surface area contributed by atoms with E-state index >= 15 is 0 Å². The summed E-state index contributed by atoms with van der Waals surface area (Å²) in [5.41, 5.74) is -1.60. The Morgan fingerprint density at radius 2 is 1.55 bits per heavy atom. The molecule has 4 saturated carbocycles. The largest absolute Gasteiger partial charge is 0.460 e. The number of hydrogen-bond donors (Lipinski definition) is 2. The van der Waals surface area contributed by atoms with Crippen molar-refractivity contribution in [2.75, 3.05) is 0 Å². The number of carbonyl (C=O) groups is 2. The number of esters is 2. The molecule has 6 heteroatoms. The summed E-state index contributed by atoms with van der Waals surface area (Å²) in [7, 11) is 0. The molecule has 0 saturated heterocycles. The second-order valence-corrected chi connectivity index (χ2v) is 14.9. The molecule has 0 spiro atoms. The van der Waals surface area contributed by atoms with E-state index in [9.17, 15) is 19.8 Å². The lowest BCUT2D eigenvalue weighted by Crippen LogP contribution is -2.58. The number of hydrogen-bond acceptors (Lipinski definition) is 6. The molecule has 0 bridgehead atoms. The first-order chi connectivity index (χ1) is 17.5. The van der Waals surface area contributed by atoms with Crippen LogP contribution in [0.3, 0.4) is 0 Å². The van der Waals surface area contributed by atoms with Crippen molar-refractivity contribution in [2.24, 2.45) is 46.3 Å². The van der Waals surface area contributed by atoms with Gasteiger partial charge in [-0.25, -0.2) is 0 Å². The molecule has 4 aliphatic carbocycles. The van der Waals surface area contributed by atoms with Crippen LogP contribution in [-0.2, 0) is 19.1 Å². The second-order valence-electron chi connectivity index (χ2n) is 14.9. The molecule has 0 radical (unpaired) electrons. The summed E-state index contributed by atoms with van der Waals surface area (Å²) in [6.07, 6.45) is 9.42. The zero-order valence-corrected chi connectivity index (χ0v) is 25.2. The number of ether oxygens (including phenoxy) is 2.